The van der Waals surface area contributed by atoms with Crippen molar-refractivity contribution in [3.8, 4) is 0 Å². The third-order valence-electron chi connectivity index (χ3n) is 3.68. The fourth-order valence-corrected chi connectivity index (χ4v) is 2.52. The van der Waals surface area contributed by atoms with Gasteiger partial charge in [-0.2, -0.15) is 0 Å². The summed E-state index contributed by atoms with van der Waals surface area (Å²) in [6.45, 7) is 3.07. The largest absolute Gasteiger partial charge is 0.465 e. The molecule has 0 amide bonds. The lowest BCUT2D eigenvalue weighted by Crippen LogP contribution is -2.35. The SMILES string of the molecule is Cl.O=C(OCCC1CCCCN1)C1CCOCC1. The average Bonchev–Trinajstić information content (AvgIpc) is 2.41. The lowest BCUT2D eigenvalue weighted by atomic mass is 10.0. The van der Waals surface area contributed by atoms with E-state index < -0.39 is 0 Å². The Labute approximate surface area is 115 Å². The molecule has 2 heterocycles. The monoisotopic (exact) mass is 277 g/mol. The van der Waals surface area contributed by atoms with Crippen molar-refractivity contribution in [1.29, 1.82) is 0 Å². The number of carbonyl (C=O) groups excluding carboxylic acids is 1. The van der Waals surface area contributed by atoms with Crippen LogP contribution in [0.1, 0.15) is 38.5 Å². The highest BCUT2D eigenvalue weighted by molar-refractivity contribution is 5.85. The van der Waals surface area contributed by atoms with Crippen LogP contribution >= 0.6 is 12.4 Å². The van der Waals surface area contributed by atoms with Crippen molar-refractivity contribution in [1.82, 2.24) is 5.32 Å². The van der Waals surface area contributed by atoms with E-state index in [1.165, 1.54) is 19.3 Å². The summed E-state index contributed by atoms with van der Waals surface area (Å²) in [5, 5.41) is 3.46. The number of carbonyl (C=O) groups is 1. The van der Waals surface area contributed by atoms with Crippen LogP contribution in [0.25, 0.3) is 0 Å². The van der Waals surface area contributed by atoms with Crippen LogP contribution in [0.2, 0.25) is 0 Å². The van der Waals surface area contributed by atoms with Crippen LogP contribution in [-0.2, 0) is 14.3 Å². The van der Waals surface area contributed by atoms with E-state index in [-0.39, 0.29) is 24.3 Å². The van der Waals surface area contributed by atoms with Gasteiger partial charge in [0.15, 0.2) is 0 Å². The molecular formula is C13H24ClNO3. The summed E-state index contributed by atoms with van der Waals surface area (Å²) < 4.78 is 10.6. The van der Waals surface area contributed by atoms with Gasteiger partial charge >= 0.3 is 5.97 Å². The van der Waals surface area contributed by atoms with Crippen LogP contribution in [-0.4, -0.2) is 38.4 Å². The molecule has 2 saturated heterocycles. The van der Waals surface area contributed by atoms with Gasteiger partial charge in [-0.05, 0) is 38.6 Å². The van der Waals surface area contributed by atoms with Gasteiger partial charge in [0.1, 0.15) is 0 Å². The smallest absolute Gasteiger partial charge is 0.309 e. The minimum absolute atomic E-state index is 0. The van der Waals surface area contributed by atoms with Crippen molar-refractivity contribution < 1.29 is 14.3 Å². The number of esters is 1. The zero-order valence-corrected chi connectivity index (χ0v) is 11.7. The van der Waals surface area contributed by atoms with Gasteiger partial charge in [-0.15, -0.1) is 12.4 Å². The molecule has 2 fully saturated rings. The Morgan fingerprint density at radius 1 is 1.22 bits per heavy atom. The molecule has 0 aliphatic carbocycles. The number of hydrogen-bond acceptors (Lipinski definition) is 4. The van der Waals surface area contributed by atoms with Crippen LogP contribution in [0, 0.1) is 5.92 Å². The first-order valence-corrected chi connectivity index (χ1v) is 6.84. The molecule has 0 saturated carbocycles. The highest BCUT2D eigenvalue weighted by Gasteiger charge is 2.23. The van der Waals surface area contributed by atoms with Crippen molar-refractivity contribution in [2.45, 2.75) is 44.6 Å². The van der Waals surface area contributed by atoms with E-state index in [2.05, 4.69) is 5.32 Å². The first-order valence-electron chi connectivity index (χ1n) is 6.84. The van der Waals surface area contributed by atoms with Crippen LogP contribution in [0.4, 0.5) is 0 Å². The van der Waals surface area contributed by atoms with Crippen LogP contribution in [0.15, 0.2) is 0 Å². The zero-order valence-electron chi connectivity index (χ0n) is 10.9. The Morgan fingerprint density at radius 2 is 2.00 bits per heavy atom. The summed E-state index contributed by atoms with van der Waals surface area (Å²) in [5.74, 6) is 0.0483. The molecule has 0 aromatic carbocycles. The number of ether oxygens (including phenoxy) is 2. The summed E-state index contributed by atoms with van der Waals surface area (Å²) in [6, 6.07) is 0.547. The van der Waals surface area contributed by atoms with E-state index >= 15 is 0 Å². The van der Waals surface area contributed by atoms with Gasteiger partial charge in [0.25, 0.3) is 0 Å². The summed E-state index contributed by atoms with van der Waals surface area (Å²) in [4.78, 5) is 11.7. The first-order chi connectivity index (χ1) is 8.36. The first kappa shape index (κ1) is 15.7. The average molecular weight is 278 g/mol. The van der Waals surface area contributed by atoms with Gasteiger partial charge in [-0.3, -0.25) is 4.79 Å². The summed E-state index contributed by atoms with van der Waals surface area (Å²) in [6.07, 6.45) is 6.38. The van der Waals surface area contributed by atoms with Gasteiger partial charge in [0, 0.05) is 19.3 Å². The molecule has 1 N–H and O–H groups in total. The maximum atomic E-state index is 11.7. The second kappa shape index (κ2) is 8.73. The second-order valence-electron chi connectivity index (χ2n) is 4.99. The van der Waals surface area contributed by atoms with E-state index in [4.69, 9.17) is 9.47 Å². The molecule has 18 heavy (non-hydrogen) atoms. The third-order valence-corrected chi connectivity index (χ3v) is 3.68. The van der Waals surface area contributed by atoms with E-state index in [0.29, 0.717) is 25.9 Å². The molecule has 5 heteroatoms. The molecule has 0 spiro atoms. The molecule has 0 aromatic rings. The fourth-order valence-electron chi connectivity index (χ4n) is 2.52. The normalized spacial score (nSPS) is 25.2. The Bertz CT molecular complexity index is 238. The Hall–Kier alpha value is -0.320. The lowest BCUT2D eigenvalue weighted by Gasteiger charge is -2.24. The molecule has 2 aliphatic rings. The van der Waals surface area contributed by atoms with Crippen LogP contribution in [0.3, 0.4) is 0 Å². The number of halogens is 1. The molecule has 2 rings (SSSR count). The molecule has 4 nitrogen and oxygen atoms in total. The molecule has 1 unspecified atom stereocenters. The summed E-state index contributed by atoms with van der Waals surface area (Å²) >= 11 is 0. The highest BCUT2D eigenvalue weighted by Crippen LogP contribution is 2.17. The van der Waals surface area contributed by atoms with Gasteiger partial charge in [-0.25, -0.2) is 0 Å². The van der Waals surface area contributed by atoms with E-state index in [1.54, 1.807) is 0 Å². The molecule has 0 aromatic heterocycles. The minimum atomic E-state index is -0.0240. The van der Waals surface area contributed by atoms with Crippen LogP contribution < -0.4 is 5.32 Å². The number of piperidine rings is 1. The topological polar surface area (TPSA) is 47.6 Å². The van der Waals surface area contributed by atoms with Crippen molar-refractivity contribution in [3.63, 3.8) is 0 Å². The third kappa shape index (κ3) is 5.12. The van der Waals surface area contributed by atoms with Gasteiger partial charge < -0.3 is 14.8 Å². The standard InChI is InChI=1S/C13H23NO3.ClH/c15-13(11-4-8-16-9-5-11)17-10-6-12-3-1-2-7-14-12;/h11-12,14H,1-10H2;1H. The number of rotatable bonds is 4. The van der Waals surface area contributed by atoms with Crippen LogP contribution in [0.5, 0.6) is 0 Å². The molecule has 106 valence electrons. The second-order valence-corrected chi connectivity index (χ2v) is 4.99. The predicted molar refractivity (Wildman–Crippen MR) is 72.0 cm³/mol. The van der Waals surface area contributed by atoms with Crippen molar-refractivity contribution in [2.24, 2.45) is 5.92 Å². The number of nitrogens with one attached hydrogen (secondary N) is 1. The van der Waals surface area contributed by atoms with E-state index in [0.717, 1.165) is 25.8 Å². The van der Waals surface area contributed by atoms with Crippen molar-refractivity contribution in [2.75, 3.05) is 26.4 Å². The predicted octanol–water partition coefficient (Wildman–Crippen LogP) is 1.91. The van der Waals surface area contributed by atoms with E-state index in [1.807, 2.05) is 0 Å². The van der Waals surface area contributed by atoms with Gasteiger partial charge in [0.05, 0.1) is 12.5 Å². The lowest BCUT2D eigenvalue weighted by molar-refractivity contribution is -0.151. The molecule has 0 radical (unpaired) electrons. The zero-order chi connectivity index (χ0) is 11.9. The Kier molecular flexibility index (Phi) is 7.63. The summed E-state index contributed by atoms with van der Waals surface area (Å²) in [5.41, 5.74) is 0. The maximum Gasteiger partial charge on any atom is 0.309 e. The quantitative estimate of drug-likeness (QED) is 0.798. The Morgan fingerprint density at radius 3 is 2.67 bits per heavy atom. The fraction of sp³-hybridized carbons (Fsp3) is 0.923. The molecule has 1 atom stereocenters. The molecular weight excluding hydrogens is 254 g/mol. The summed E-state index contributed by atoms with van der Waals surface area (Å²) in [7, 11) is 0. The minimum Gasteiger partial charge on any atom is -0.465 e. The maximum absolute atomic E-state index is 11.7. The Balaban J connectivity index is 0.00000162. The van der Waals surface area contributed by atoms with Gasteiger partial charge in [0.2, 0.25) is 0 Å². The van der Waals surface area contributed by atoms with Crippen molar-refractivity contribution >= 4 is 18.4 Å². The molecule has 2 aliphatic heterocycles. The molecule has 0 bridgehead atoms. The van der Waals surface area contributed by atoms with Crippen molar-refractivity contribution in [3.05, 3.63) is 0 Å². The van der Waals surface area contributed by atoms with E-state index in [9.17, 15) is 4.79 Å². The van der Waals surface area contributed by atoms with Gasteiger partial charge in [-0.1, -0.05) is 6.42 Å². The highest BCUT2D eigenvalue weighted by atomic mass is 35.5. The number of hydrogen-bond donors (Lipinski definition) is 1.